The van der Waals surface area contributed by atoms with Crippen LogP contribution in [0, 0.1) is 0 Å². The summed E-state index contributed by atoms with van der Waals surface area (Å²) in [7, 11) is 0. The first-order valence-corrected chi connectivity index (χ1v) is 10.0. The van der Waals surface area contributed by atoms with Crippen molar-refractivity contribution >= 4 is 32.8 Å². The van der Waals surface area contributed by atoms with Gasteiger partial charge >= 0.3 is 0 Å². The van der Waals surface area contributed by atoms with E-state index in [-0.39, 0.29) is 0 Å². The summed E-state index contributed by atoms with van der Waals surface area (Å²) in [6.45, 7) is 7.26. The topological polar surface area (TPSA) is 74.9 Å². The fourth-order valence-electron chi connectivity index (χ4n) is 2.79. The predicted molar refractivity (Wildman–Crippen MR) is 101 cm³/mol. The van der Waals surface area contributed by atoms with Crippen LogP contribution in [0.25, 0.3) is 15.5 Å². The molecule has 1 fully saturated rings. The molecule has 0 saturated carbocycles. The lowest BCUT2D eigenvalue weighted by Crippen LogP contribution is -2.39. The number of hydrogen-bond donors (Lipinski definition) is 2. The second-order valence-electron chi connectivity index (χ2n) is 6.00. The largest absolute Gasteiger partial charge is 0.388 e. The third-order valence-electron chi connectivity index (χ3n) is 4.18. The van der Waals surface area contributed by atoms with Crippen molar-refractivity contribution in [1.29, 1.82) is 0 Å². The lowest BCUT2D eigenvalue weighted by atomic mass is 10.3. The molecule has 0 aliphatic carbocycles. The Labute approximate surface area is 153 Å². The molecule has 134 valence electrons. The highest BCUT2D eigenvalue weighted by molar-refractivity contribution is 7.20. The Bertz CT molecular complexity index is 835. The van der Waals surface area contributed by atoms with Gasteiger partial charge in [0.05, 0.1) is 30.4 Å². The molecule has 4 rings (SSSR count). The van der Waals surface area contributed by atoms with E-state index in [0.717, 1.165) is 64.9 Å². The van der Waals surface area contributed by atoms with Crippen LogP contribution in [0.1, 0.15) is 17.9 Å². The molecule has 0 spiro atoms. The molecule has 1 saturated heterocycles. The Morgan fingerprint density at radius 2 is 2.16 bits per heavy atom. The first-order valence-electron chi connectivity index (χ1n) is 8.37. The monoisotopic (exact) mass is 379 g/mol. The van der Waals surface area contributed by atoms with Gasteiger partial charge in [0.15, 0.2) is 0 Å². The number of imidazole rings is 1. The number of hydrogen-bond acceptors (Lipinski definition) is 8. The van der Waals surface area contributed by atoms with Gasteiger partial charge in [0, 0.05) is 31.1 Å². The van der Waals surface area contributed by atoms with E-state index in [2.05, 4.69) is 20.3 Å². The third-order valence-corrected chi connectivity index (χ3v) is 6.34. The minimum Gasteiger partial charge on any atom is -0.388 e. The fourth-order valence-corrected chi connectivity index (χ4v) is 4.53. The average Bonchev–Trinajstić information content (AvgIpc) is 3.30. The van der Waals surface area contributed by atoms with E-state index in [0.29, 0.717) is 0 Å². The van der Waals surface area contributed by atoms with Crippen LogP contribution in [-0.2, 0) is 4.74 Å². The molecule has 0 aromatic carbocycles. The maximum absolute atomic E-state index is 9.71. The summed E-state index contributed by atoms with van der Waals surface area (Å²) in [4.78, 5) is 9.74. The van der Waals surface area contributed by atoms with E-state index in [1.165, 1.54) is 0 Å². The molecule has 0 amide bonds. The van der Waals surface area contributed by atoms with Crippen molar-refractivity contribution < 1.29 is 9.84 Å². The highest BCUT2D eigenvalue weighted by atomic mass is 32.1. The highest BCUT2D eigenvalue weighted by Crippen LogP contribution is 2.33. The maximum Gasteiger partial charge on any atom is 0.214 e. The van der Waals surface area contributed by atoms with Gasteiger partial charge in [-0.15, -0.1) is 16.4 Å². The van der Waals surface area contributed by atoms with E-state index in [1.54, 1.807) is 29.6 Å². The second kappa shape index (κ2) is 7.38. The fraction of sp³-hybridized carbons (Fsp3) is 0.500. The molecule has 3 aromatic heterocycles. The smallest absolute Gasteiger partial charge is 0.214 e. The minimum atomic E-state index is -0.449. The van der Waals surface area contributed by atoms with E-state index in [1.807, 2.05) is 22.8 Å². The van der Waals surface area contributed by atoms with Gasteiger partial charge in [-0.1, -0.05) is 11.3 Å². The van der Waals surface area contributed by atoms with Crippen LogP contribution >= 0.6 is 22.7 Å². The number of aliphatic hydroxyl groups is 1. The van der Waals surface area contributed by atoms with E-state index >= 15 is 0 Å². The quantitative estimate of drug-likeness (QED) is 0.685. The normalized spacial score (nSPS) is 17.2. The first-order chi connectivity index (χ1) is 12.2. The Balaban J connectivity index is 1.44. The summed E-state index contributed by atoms with van der Waals surface area (Å²) >= 11 is 3.13. The molecular weight excluding hydrogens is 358 g/mol. The van der Waals surface area contributed by atoms with Crippen LogP contribution in [0.15, 0.2) is 18.3 Å². The van der Waals surface area contributed by atoms with Crippen molar-refractivity contribution in [3.8, 4) is 10.6 Å². The predicted octanol–water partition coefficient (Wildman–Crippen LogP) is 2.32. The summed E-state index contributed by atoms with van der Waals surface area (Å²) in [5.74, 6) is 0. The Hall–Kier alpha value is -1.52. The van der Waals surface area contributed by atoms with Crippen molar-refractivity contribution in [2.24, 2.45) is 0 Å². The molecule has 9 heteroatoms. The Morgan fingerprint density at radius 3 is 2.92 bits per heavy atom. The number of nitrogens with one attached hydrogen (secondary N) is 1. The molecule has 7 nitrogen and oxygen atoms in total. The molecule has 25 heavy (non-hydrogen) atoms. The lowest BCUT2D eigenvalue weighted by molar-refractivity contribution is 0.0398. The number of ether oxygens (including phenoxy) is 1. The van der Waals surface area contributed by atoms with Crippen molar-refractivity contribution in [2.75, 3.05) is 44.7 Å². The van der Waals surface area contributed by atoms with E-state index in [4.69, 9.17) is 4.74 Å². The number of thiophene rings is 1. The molecule has 0 bridgehead atoms. The van der Waals surface area contributed by atoms with E-state index in [9.17, 15) is 5.11 Å². The lowest BCUT2D eigenvalue weighted by Gasteiger charge is -2.26. The van der Waals surface area contributed by atoms with Crippen LogP contribution in [0.3, 0.4) is 0 Å². The van der Waals surface area contributed by atoms with Gasteiger partial charge in [0.2, 0.25) is 10.1 Å². The average molecular weight is 380 g/mol. The van der Waals surface area contributed by atoms with Gasteiger partial charge in [-0.25, -0.2) is 9.50 Å². The highest BCUT2D eigenvalue weighted by Gasteiger charge is 2.15. The van der Waals surface area contributed by atoms with Gasteiger partial charge in [-0.3, -0.25) is 4.90 Å². The zero-order chi connectivity index (χ0) is 17.2. The number of anilines is 1. The van der Waals surface area contributed by atoms with Gasteiger partial charge in [0.25, 0.3) is 0 Å². The van der Waals surface area contributed by atoms with Crippen LogP contribution in [0.5, 0.6) is 0 Å². The minimum absolute atomic E-state index is 0.449. The zero-order valence-electron chi connectivity index (χ0n) is 14.0. The molecular formula is C16H21N5O2S2. The van der Waals surface area contributed by atoms with Gasteiger partial charge in [-0.2, -0.15) is 0 Å². The number of aromatic nitrogens is 3. The Morgan fingerprint density at radius 1 is 1.32 bits per heavy atom. The van der Waals surface area contributed by atoms with Crippen molar-refractivity contribution in [2.45, 2.75) is 13.0 Å². The number of aliphatic hydroxyl groups excluding tert-OH is 1. The van der Waals surface area contributed by atoms with Gasteiger partial charge in [-0.05, 0) is 19.1 Å². The molecule has 4 heterocycles. The standard InChI is InChI=1S/C16H21N5O2S2/c1-11(22)13-2-3-14(24-13)12-10-18-16-21(12)19-15(25-16)17-4-5-20-6-8-23-9-7-20/h2-3,10-11,22H,4-9H2,1H3,(H,17,19). The maximum atomic E-state index is 9.71. The molecule has 1 aliphatic heterocycles. The summed E-state index contributed by atoms with van der Waals surface area (Å²) in [6.07, 6.45) is 1.39. The molecule has 0 radical (unpaired) electrons. The van der Waals surface area contributed by atoms with Crippen molar-refractivity contribution in [3.05, 3.63) is 23.2 Å². The molecule has 1 unspecified atom stereocenters. The molecule has 2 N–H and O–H groups in total. The number of fused-ring (bicyclic) bond motifs is 1. The first kappa shape index (κ1) is 16.9. The number of rotatable bonds is 6. The van der Waals surface area contributed by atoms with Crippen molar-refractivity contribution in [1.82, 2.24) is 19.5 Å². The zero-order valence-corrected chi connectivity index (χ0v) is 15.6. The summed E-state index contributed by atoms with van der Waals surface area (Å²) in [5.41, 5.74) is 0.962. The third kappa shape index (κ3) is 3.70. The Kier molecular flexibility index (Phi) is 5.00. The number of nitrogens with zero attached hydrogens (tertiary/aromatic N) is 4. The van der Waals surface area contributed by atoms with Crippen molar-refractivity contribution in [3.63, 3.8) is 0 Å². The van der Waals surface area contributed by atoms with Gasteiger partial charge in [0.1, 0.15) is 5.69 Å². The molecule has 1 atom stereocenters. The molecule has 1 aliphatic rings. The SMILES string of the molecule is CC(O)c1ccc(-c2cnc3sc(NCCN4CCOCC4)nn23)s1. The van der Waals surface area contributed by atoms with E-state index < -0.39 is 6.10 Å². The summed E-state index contributed by atoms with van der Waals surface area (Å²) < 4.78 is 7.24. The molecule has 3 aromatic rings. The number of morpholine rings is 1. The summed E-state index contributed by atoms with van der Waals surface area (Å²) in [5, 5.41) is 18.6. The van der Waals surface area contributed by atoms with Crippen LogP contribution in [0.2, 0.25) is 0 Å². The second-order valence-corrected chi connectivity index (χ2v) is 8.08. The van der Waals surface area contributed by atoms with Gasteiger partial charge < -0.3 is 15.2 Å². The summed E-state index contributed by atoms with van der Waals surface area (Å²) in [6, 6.07) is 3.97. The van der Waals surface area contributed by atoms with Crippen LogP contribution in [0.4, 0.5) is 5.13 Å². The van der Waals surface area contributed by atoms with Crippen LogP contribution in [-0.4, -0.2) is 64.0 Å². The van der Waals surface area contributed by atoms with Crippen LogP contribution < -0.4 is 5.32 Å².